The van der Waals surface area contributed by atoms with Crippen LogP contribution in [-0.4, -0.2) is 17.4 Å². The first kappa shape index (κ1) is 11.8. The Morgan fingerprint density at radius 3 is 3.06 bits per heavy atom. The van der Waals surface area contributed by atoms with Crippen LogP contribution in [0.1, 0.15) is 36.2 Å². The van der Waals surface area contributed by atoms with Crippen molar-refractivity contribution in [3.8, 4) is 0 Å². The van der Waals surface area contributed by atoms with Crippen LogP contribution in [0.5, 0.6) is 0 Å². The van der Waals surface area contributed by atoms with Gasteiger partial charge in [0.15, 0.2) is 0 Å². The number of amides is 1. The summed E-state index contributed by atoms with van der Waals surface area (Å²) in [5.74, 6) is -0.945. The van der Waals surface area contributed by atoms with E-state index in [0.717, 1.165) is 19.3 Å². The molecule has 0 saturated heterocycles. The maximum Gasteiger partial charge on any atom is 0.270 e. The molecule has 90 valence electrons. The number of allylic oxidation sites excluding steroid dienone is 1. The number of nitrogens with zero attached hydrogens (tertiary/aromatic N) is 1. The van der Waals surface area contributed by atoms with Crippen LogP contribution in [-0.2, 0) is 0 Å². The molecule has 0 spiro atoms. The summed E-state index contributed by atoms with van der Waals surface area (Å²) in [6, 6.07) is 4.21. The minimum Gasteiger partial charge on any atom is -0.350 e. The van der Waals surface area contributed by atoms with Gasteiger partial charge in [-0.25, -0.2) is 4.98 Å². The molecule has 0 aliphatic heterocycles. The molecule has 1 aromatic rings. The number of hydrogen-bond acceptors (Lipinski definition) is 2. The summed E-state index contributed by atoms with van der Waals surface area (Å²) in [6.07, 6.45) is 6.60. The molecule has 0 bridgehead atoms. The third kappa shape index (κ3) is 3.37. The fourth-order valence-electron chi connectivity index (χ4n) is 1.93. The smallest absolute Gasteiger partial charge is 0.270 e. The van der Waals surface area contributed by atoms with Gasteiger partial charge in [-0.15, -0.1) is 0 Å². The van der Waals surface area contributed by atoms with Crippen molar-refractivity contribution in [2.75, 3.05) is 6.54 Å². The lowest BCUT2D eigenvalue weighted by Crippen LogP contribution is -2.25. The monoisotopic (exact) mass is 234 g/mol. The van der Waals surface area contributed by atoms with Crippen molar-refractivity contribution < 1.29 is 9.18 Å². The first-order valence-corrected chi connectivity index (χ1v) is 5.84. The van der Waals surface area contributed by atoms with Crippen LogP contribution in [0.4, 0.5) is 4.39 Å². The fraction of sp³-hybridized carbons (Fsp3) is 0.385. The summed E-state index contributed by atoms with van der Waals surface area (Å²) >= 11 is 0. The highest BCUT2D eigenvalue weighted by atomic mass is 19.1. The lowest BCUT2D eigenvalue weighted by atomic mass is 10.2. The minimum absolute atomic E-state index is 0.130. The Morgan fingerprint density at radius 2 is 2.35 bits per heavy atom. The van der Waals surface area contributed by atoms with Crippen LogP contribution in [0.3, 0.4) is 0 Å². The lowest BCUT2D eigenvalue weighted by molar-refractivity contribution is 0.0948. The van der Waals surface area contributed by atoms with E-state index in [1.165, 1.54) is 30.2 Å². The highest BCUT2D eigenvalue weighted by Crippen LogP contribution is 2.19. The fourth-order valence-corrected chi connectivity index (χ4v) is 1.93. The van der Waals surface area contributed by atoms with Crippen LogP contribution in [0, 0.1) is 5.95 Å². The average Bonchev–Trinajstić information content (AvgIpc) is 2.82. The van der Waals surface area contributed by atoms with Gasteiger partial charge >= 0.3 is 0 Å². The predicted molar refractivity (Wildman–Crippen MR) is 63.1 cm³/mol. The first-order valence-electron chi connectivity index (χ1n) is 5.84. The molecule has 17 heavy (non-hydrogen) atoms. The molecule has 0 radical (unpaired) electrons. The molecule has 2 rings (SSSR count). The first-order chi connectivity index (χ1) is 8.25. The van der Waals surface area contributed by atoms with E-state index in [2.05, 4.69) is 16.4 Å². The molecule has 1 N–H and O–H groups in total. The maximum atomic E-state index is 12.8. The highest BCUT2D eigenvalue weighted by molar-refractivity contribution is 5.92. The molecule has 1 heterocycles. The van der Waals surface area contributed by atoms with Crippen molar-refractivity contribution >= 4 is 5.91 Å². The van der Waals surface area contributed by atoms with E-state index >= 15 is 0 Å². The second kappa shape index (κ2) is 5.57. The zero-order chi connectivity index (χ0) is 12.1. The number of nitrogens with one attached hydrogen (secondary N) is 1. The molecule has 1 aromatic heterocycles. The molecule has 0 atom stereocenters. The summed E-state index contributed by atoms with van der Waals surface area (Å²) in [5.41, 5.74) is 1.53. The van der Waals surface area contributed by atoms with Gasteiger partial charge in [0.1, 0.15) is 5.69 Å². The van der Waals surface area contributed by atoms with E-state index < -0.39 is 5.95 Å². The van der Waals surface area contributed by atoms with Gasteiger partial charge in [-0.05, 0) is 37.8 Å². The van der Waals surface area contributed by atoms with Gasteiger partial charge in [0.25, 0.3) is 5.91 Å². The Hall–Kier alpha value is -1.71. The van der Waals surface area contributed by atoms with Crippen molar-refractivity contribution in [3.63, 3.8) is 0 Å². The topological polar surface area (TPSA) is 42.0 Å². The number of rotatable bonds is 4. The molecule has 0 saturated carbocycles. The van der Waals surface area contributed by atoms with Gasteiger partial charge in [-0.3, -0.25) is 4.79 Å². The number of halogens is 1. The molecule has 4 heteroatoms. The summed E-state index contributed by atoms with van der Waals surface area (Å²) < 4.78 is 12.8. The number of carbonyl (C=O) groups excluding carboxylic acids is 1. The van der Waals surface area contributed by atoms with E-state index in [1.54, 1.807) is 0 Å². The molecule has 1 aliphatic rings. The van der Waals surface area contributed by atoms with E-state index in [9.17, 15) is 9.18 Å². The molecule has 0 unspecified atom stereocenters. The summed E-state index contributed by atoms with van der Waals surface area (Å²) in [6.45, 7) is 0.586. The van der Waals surface area contributed by atoms with Gasteiger partial charge in [-0.2, -0.15) is 4.39 Å². The minimum atomic E-state index is -0.629. The number of pyridine rings is 1. The molecule has 3 nitrogen and oxygen atoms in total. The summed E-state index contributed by atoms with van der Waals surface area (Å²) in [7, 11) is 0. The van der Waals surface area contributed by atoms with E-state index in [4.69, 9.17) is 0 Å². The van der Waals surface area contributed by atoms with Crippen molar-refractivity contribution in [2.24, 2.45) is 0 Å². The van der Waals surface area contributed by atoms with Crippen molar-refractivity contribution in [3.05, 3.63) is 41.5 Å². The Balaban J connectivity index is 1.81. The largest absolute Gasteiger partial charge is 0.350 e. The van der Waals surface area contributed by atoms with Gasteiger partial charge in [0.05, 0.1) is 0 Å². The van der Waals surface area contributed by atoms with Crippen LogP contribution in [0.25, 0.3) is 0 Å². The van der Waals surface area contributed by atoms with E-state index in [1.807, 2.05) is 0 Å². The number of carbonyl (C=O) groups is 1. The molecule has 1 amide bonds. The number of aromatic nitrogens is 1. The van der Waals surface area contributed by atoms with Crippen LogP contribution < -0.4 is 5.32 Å². The van der Waals surface area contributed by atoms with Crippen LogP contribution in [0.15, 0.2) is 29.8 Å². The maximum absolute atomic E-state index is 12.8. The van der Waals surface area contributed by atoms with Crippen molar-refractivity contribution in [2.45, 2.75) is 25.7 Å². The molecular weight excluding hydrogens is 219 g/mol. The Labute approximate surface area is 99.8 Å². The standard InChI is InChI=1S/C13H15FN2O/c14-12-7-3-6-11(16-12)13(17)15-9-8-10-4-1-2-5-10/h3-4,6-7H,1-2,5,8-9H2,(H,15,17). The zero-order valence-electron chi connectivity index (χ0n) is 9.58. The Morgan fingerprint density at radius 1 is 1.47 bits per heavy atom. The van der Waals surface area contributed by atoms with Gasteiger partial charge in [0.2, 0.25) is 5.95 Å². The third-order valence-corrected chi connectivity index (χ3v) is 2.81. The number of hydrogen-bond donors (Lipinski definition) is 1. The second-order valence-corrected chi connectivity index (χ2v) is 4.11. The Kier molecular flexibility index (Phi) is 3.85. The quantitative estimate of drug-likeness (QED) is 0.642. The Bertz CT molecular complexity index is 443. The van der Waals surface area contributed by atoms with Gasteiger partial charge in [0, 0.05) is 6.54 Å². The summed E-state index contributed by atoms with van der Waals surface area (Å²) in [5, 5.41) is 2.74. The molecule has 0 aromatic carbocycles. The second-order valence-electron chi connectivity index (χ2n) is 4.11. The SMILES string of the molecule is O=C(NCCC1=CCCC1)c1cccc(F)n1. The van der Waals surface area contributed by atoms with E-state index in [-0.39, 0.29) is 11.6 Å². The molecular formula is C13H15FN2O. The molecule has 1 aliphatic carbocycles. The van der Waals surface area contributed by atoms with Crippen LogP contribution >= 0.6 is 0 Å². The zero-order valence-corrected chi connectivity index (χ0v) is 9.58. The van der Waals surface area contributed by atoms with Gasteiger partial charge < -0.3 is 5.32 Å². The van der Waals surface area contributed by atoms with Crippen molar-refractivity contribution in [1.29, 1.82) is 0 Å². The van der Waals surface area contributed by atoms with Crippen LogP contribution in [0.2, 0.25) is 0 Å². The summed E-state index contributed by atoms with van der Waals surface area (Å²) in [4.78, 5) is 15.1. The third-order valence-electron chi connectivity index (χ3n) is 2.81. The highest BCUT2D eigenvalue weighted by Gasteiger charge is 2.08. The predicted octanol–water partition coefficient (Wildman–Crippen LogP) is 2.45. The average molecular weight is 234 g/mol. The van der Waals surface area contributed by atoms with Gasteiger partial charge in [-0.1, -0.05) is 17.7 Å². The molecule has 0 fully saturated rings. The van der Waals surface area contributed by atoms with Crippen molar-refractivity contribution in [1.82, 2.24) is 10.3 Å². The normalized spacial score (nSPS) is 14.5. The lowest BCUT2D eigenvalue weighted by Gasteiger charge is -2.05. The van der Waals surface area contributed by atoms with E-state index in [0.29, 0.717) is 6.54 Å².